The van der Waals surface area contributed by atoms with Crippen molar-refractivity contribution in [3.63, 3.8) is 0 Å². The zero-order valence-electron chi connectivity index (χ0n) is 18.7. The molecule has 2 aromatic heterocycles. The van der Waals surface area contributed by atoms with Crippen LogP contribution < -0.4 is 5.32 Å². The van der Waals surface area contributed by atoms with Gasteiger partial charge in [-0.1, -0.05) is 16.8 Å². The first-order chi connectivity index (χ1) is 17.0. The molecule has 3 heterocycles. The highest BCUT2D eigenvalue weighted by Crippen LogP contribution is 2.33. The summed E-state index contributed by atoms with van der Waals surface area (Å²) >= 11 is 5.97. The average molecular weight is 493 g/mol. The summed E-state index contributed by atoms with van der Waals surface area (Å²) in [5, 5.41) is 7.57. The van der Waals surface area contributed by atoms with E-state index in [4.69, 9.17) is 20.9 Å². The summed E-state index contributed by atoms with van der Waals surface area (Å²) < 4.78 is 10.6. The van der Waals surface area contributed by atoms with Crippen molar-refractivity contribution in [3.05, 3.63) is 82.7 Å². The van der Waals surface area contributed by atoms with Crippen LogP contribution in [0.25, 0.3) is 11.4 Å². The zero-order valence-corrected chi connectivity index (χ0v) is 19.5. The molecule has 0 bridgehead atoms. The number of imidazole rings is 1. The van der Waals surface area contributed by atoms with Gasteiger partial charge in [0.15, 0.2) is 0 Å². The van der Waals surface area contributed by atoms with Crippen molar-refractivity contribution in [1.29, 1.82) is 0 Å². The molecule has 0 unspecified atom stereocenters. The predicted molar refractivity (Wildman–Crippen MR) is 127 cm³/mol. The van der Waals surface area contributed by atoms with Gasteiger partial charge in [0.05, 0.1) is 36.4 Å². The number of amides is 2. The van der Waals surface area contributed by atoms with Crippen LogP contribution >= 0.6 is 11.6 Å². The average Bonchev–Trinajstić information content (AvgIpc) is 3.54. The molecule has 0 fully saturated rings. The molecule has 11 heteroatoms. The molecule has 0 spiro atoms. The number of fused-ring (bicyclic) bond motifs is 1. The van der Waals surface area contributed by atoms with E-state index in [1.807, 2.05) is 0 Å². The van der Waals surface area contributed by atoms with Crippen molar-refractivity contribution < 1.29 is 18.8 Å². The third kappa shape index (κ3) is 4.73. The highest BCUT2D eigenvalue weighted by molar-refractivity contribution is 6.30. The highest BCUT2D eigenvalue weighted by atomic mass is 35.5. The molecule has 0 radical (unpaired) electrons. The number of halogens is 1. The van der Waals surface area contributed by atoms with Crippen LogP contribution in [-0.4, -0.2) is 43.6 Å². The van der Waals surface area contributed by atoms with Crippen LogP contribution in [0.5, 0.6) is 0 Å². The zero-order chi connectivity index (χ0) is 24.4. The lowest BCUT2D eigenvalue weighted by atomic mass is 10.0. The van der Waals surface area contributed by atoms with E-state index in [1.165, 1.54) is 0 Å². The van der Waals surface area contributed by atoms with Gasteiger partial charge >= 0.3 is 12.0 Å². The number of hydrogen-bond acceptors (Lipinski definition) is 7. The van der Waals surface area contributed by atoms with Crippen LogP contribution in [0, 0.1) is 0 Å². The Labute approximate surface area is 205 Å². The number of H-pyrrole nitrogens is 1. The Morgan fingerprint density at radius 2 is 1.97 bits per heavy atom. The summed E-state index contributed by atoms with van der Waals surface area (Å²) in [6.07, 6.45) is 2.01. The Balaban J connectivity index is 1.38. The van der Waals surface area contributed by atoms with E-state index < -0.39 is 12.0 Å². The van der Waals surface area contributed by atoms with Gasteiger partial charge in [-0.2, -0.15) is 4.98 Å². The number of ether oxygens (including phenoxy) is 1. The topological polar surface area (TPSA) is 126 Å². The van der Waals surface area contributed by atoms with Gasteiger partial charge in [0, 0.05) is 22.7 Å². The van der Waals surface area contributed by atoms with Crippen LogP contribution in [-0.2, 0) is 17.7 Å². The number of aromatic nitrogens is 4. The number of rotatable bonds is 5. The first-order valence-corrected chi connectivity index (χ1v) is 11.3. The maximum absolute atomic E-state index is 13.3. The second kappa shape index (κ2) is 9.59. The summed E-state index contributed by atoms with van der Waals surface area (Å²) in [5.74, 6) is 0.289. The molecule has 2 N–H and O–H groups in total. The van der Waals surface area contributed by atoms with Gasteiger partial charge in [-0.3, -0.25) is 0 Å². The van der Waals surface area contributed by atoms with Crippen molar-refractivity contribution in [2.45, 2.75) is 25.9 Å². The summed E-state index contributed by atoms with van der Waals surface area (Å²) in [5.41, 5.74) is 3.36. The SMILES string of the molecule is CCOC(=O)c1ccc(NC(=O)N2Cc3[nH]cnc3C[C@H]2c2nc(-c3ccc(Cl)cc3)no2)cc1. The van der Waals surface area contributed by atoms with Gasteiger partial charge in [-0.15, -0.1) is 0 Å². The molecule has 2 amide bonds. The number of carbonyl (C=O) groups excluding carboxylic acids is 2. The molecular formula is C24H21ClN6O4. The van der Waals surface area contributed by atoms with E-state index in [1.54, 1.807) is 66.7 Å². The summed E-state index contributed by atoms with van der Waals surface area (Å²) in [6, 6.07) is 12.7. The number of aromatic amines is 1. The van der Waals surface area contributed by atoms with Crippen molar-refractivity contribution >= 4 is 29.3 Å². The number of nitrogens with zero attached hydrogens (tertiary/aromatic N) is 4. The molecule has 0 saturated carbocycles. The Morgan fingerprint density at radius 3 is 2.71 bits per heavy atom. The number of benzene rings is 2. The monoisotopic (exact) mass is 492 g/mol. The molecule has 1 aliphatic rings. The van der Waals surface area contributed by atoms with Crippen molar-refractivity contribution in [2.75, 3.05) is 11.9 Å². The van der Waals surface area contributed by atoms with Gasteiger partial charge < -0.3 is 24.5 Å². The normalized spacial score (nSPS) is 14.9. The molecular weight excluding hydrogens is 472 g/mol. The Kier molecular flexibility index (Phi) is 6.19. The third-order valence-electron chi connectivity index (χ3n) is 5.64. The first-order valence-electron chi connectivity index (χ1n) is 11.0. The molecule has 10 nitrogen and oxygen atoms in total. The number of nitrogens with one attached hydrogen (secondary N) is 2. The van der Waals surface area contributed by atoms with Crippen LogP contribution in [0.1, 0.15) is 40.6 Å². The number of esters is 1. The number of carbonyl (C=O) groups is 2. The third-order valence-corrected chi connectivity index (χ3v) is 5.89. The van der Waals surface area contributed by atoms with E-state index in [0.717, 1.165) is 17.0 Å². The molecule has 0 saturated heterocycles. The van der Waals surface area contributed by atoms with E-state index in [-0.39, 0.29) is 12.6 Å². The van der Waals surface area contributed by atoms with E-state index in [9.17, 15) is 9.59 Å². The second-order valence-corrected chi connectivity index (χ2v) is 8.30. The number of hydrogen-bond donors (Lipinski definition) is 2. The fourth-order valence-electron chi connectivity index (χ4n) is 3.86. The van der Waals surface area contributed by atoms with E-state index in [2.05, 4.69) is 25.4 Å². The fraction of sp³-hybridized carbons (Fsp3) is 0.208. The largest absolute Gasteiger partial charge is 0.462 e. The van der Waals surface area contributed by atoms with Crippen molar-refractivity contribution in [2.24, 2.45) is 0 Å². The van der Waals surface area contributed by atoms with Crippen LogP contribution in [0.4, 0.5) is 10.5 Å². The molecule has 4 aromatic rings. The minimum Gasteiger partial charge on any atom is -0.462 e. The Bertz CT molecular complexity index is 1350. The molecule has 0 aliphatic carbocycles. The summed E-state index contributed by atoms with van der Waals surface area (Å²) in [7, 11) is 0. The first kappa shape index (κ1) is 22.6. The lowest BCUT2D eigenvalue weighted by Crippen LogP contribution is -2.41. The molecule has 35 heavy (non-hydrogen) atoms. The smallest absolute Gasteiger partial charge is 0.338 e. The maximum atomic E-state index is 13.3. The molecule has 5 rings (SSSR count). The lowest BCUT2D eigenvalue weighted by Gasteiger charge is -2.32. The van der Waals surface area contributed by atoms with Crippen molar-refractivity contribution in [1.82, 2.24) is 25.0 Å². The van der Waals surface area contributed by atoms with Gasteiger partial charge in [-0.25, -0.2) is 14.6 Å². The van der Waals surface area contributed by atoms with Crippen molar-refractivity contribution in [3.8, 4) is 11.4 Å². The molecule has 2 aromatic carbocycles. The Morgan fingerprint density at radius 1 is 1.20 bits per heavy atom. The van der Waals surface area contributed by atoms with Gasteiger partial charge in [0.1, 0.15) is 6.04 Å². The lowest BCUT2D eigenvalue weighted by molar-refractivity contribution is 0.0526. The number of anilines is 1. The van der Waals surface area contributed by atoms with Crippen LogP contribution in [0.2, 0.25) is 5.02 Å². The van der Waals surface area contributed by atoms with Gasteiger partial charge in [0.25, 0.3) is 0 Å². The van der Waals surface area contributed by atoms with Crippen LogP contribution in [0.3, 0.4) is 0 Å². The molecule has 178 valence electrons. The number of urea groups is 1. The minimum atomic E-state index is -0.516. The van der Waals surface area contributed by atoms with E-state index in [0.29, 0.717) is 41.0 Å². The fourth-order valence-corrected chi connectivity index (χ4v) is 3.98. The highest BCUT2D eigenvalue weighted by Gasteiger charge is 2.36. The van der Waals surface area contributed by atoms with Gasteiger partial charge in [-0.05, 0) is 55.5 Å². The molecule has 1 aliphatic heterocycles. The summed E-state index contributed by atoms with van der Waals surface area (Å²) in [6.45, 7) is 2.32. The Hall–Kier alpha value is -4.18. The standard InChI is InChI=1S/C24H21ClN6O4/c1-2-34-23(32)15-5-9-17(10-6-15)28-24(33)31-12-19-18(26-13-27-19)11-20(31)22-29-21(30-35-22)14-3-7-16(25)8-4-14/h3-10,13,20H,2,11-12H2,1H3,(H,26,27)(H,28,33)/t20-/m0/s1. The minimum absolute atomic E-state index is 0.283. The molecule has 1 atom stereocenters. The second-order valence-electron chi connectivity index (χ2n) is 7.87. The predicted octanol–water partition coefficient (Wildman–Crippen LogP) is 4.62. The van der Waals surface area contributed by atoms with Crippen LogP contribution in [0.15, 0.2) is 59.4 Å². The quantitative estimate of drug-likeness (QED) is 0.389. The maximum Gasteiger partial charge on any atom is 0.338 e. The van der Waals surface area contributed by atoms with E-state index >= 15 is 0 Å². The van der Waals surface area contributed by atoms with Gasteiger partial charge in [0.2, 0.25) is 11.7 Å². The summed E-state index contributed by atoms with van der Waals surface area (Å²) in [4.78, 5) is 38.8.